The number of amides is 1. The second-order valence-electron chi connectivity index (χ2n) is 11.7. The molecule has 45 heavy (non-hydrogen) atoms. The third-order valence-electron chi connectivity index (χ3n) is 8.68. The number of aliphatic hydroxyl groups is 3. The number of nitrogens with two attached hydrogens (primary N) is 1. The molecule has 0 radical (unpaired) electrons. The third kappa shape index (κ3) is 4.91. The summed E-state index contributed by atoms with van der Waals surface area (Å²) in [6.45, 7) is 1.90. The molecule has 240 valence electrons. The topological polar surface area (TPSA) is 216 Å². The number of aromatic nitrogens is 1. The molecule has 7 N–H and O–H groups in total. The van der Waals surface area contributed by atoms with Crippen LogP contribution in [-0.2, 0) is 27.3 Å². The Bertz CT molecular complexity index is 1690. The van der Waals surface area contributed by atoms with Crippen molar-refractivity contribution in [2.75, 3.05) is 45.0 Å². The van der Waals surface area contributed by atoms with Crippen LogP contribution in [0.1, 0.15) is 45.3 Å². The summed E-state index contributed by atoms with van der Waals surface area (Å²) < 4.78 is 4.97. The molecule has 3 aliphatic carbocycles. The summed E-state index contributed by atoms with van der Waals surface area (Å²) in [5.41, 5.74) is 3.07. The number of ether oxygens (including phenoxy) is 1. The third-order valence-corrected chi connectivity index (χ3v) is 9.48. The van der Waals surface area contributed by atoms with Crippen molar-refractivity contribution in [3.63, 3.8) is 0 Å². The molecule has 14 nitrogen and oxygen atoms in total. The summed E-state index contributed by atoms with van der Waals surface area (Å²) in [5.74, 6) is -7.62. The molecule has 0 fully saturated rings. The van der Waals surface area contributed by atoms with E-state index in [0.717, 1.165) is 11.3 Å². The minimum atomic E-state index is -2.72. The number of fused-ring (bicyclic) bond motifs is 3. The first-order valence-corrected chi connectivity index (χ1v) is 15.1. The van der Waals surface area contributed by atoms with E-state index in [2.05, 4.69) is 10.3 Å². The number of esters is 1. The fraction of sp³-hybridized carbons (Fsp3) is 0.433. The van der Waals surface area contributed by atoms with Gasteiger partial charge in [-0.1, -0.05) is 0 Å². The molecule has 3 aliphatic rings. The molecule has 5 rings (SSSR count). The summed E-state index contributed by atoms with van der Waals surface area (Å²) in [6, 6.07) is 0.656. The number of hydrogen-bond donors (Lipinski definition) is 6. The highest BCUT2D eigenvalue weighted by atomic mass is 32.1. The number of primary amides is 1. The van der Waals surface area contributed by atoms with Gasteiger partial charge in [0.1, 0.15) is 22.8 Å². The van der Waals surface area contributed by atoms with Gasteiger partial charge in [-0.15, -0.1) is 11.3 Å². The van der Waals surface area contributed by atoms with Crippen molar-refractivity contribution in [3.8, 4) is 5.75 Å². The van der Waals surface area contributed by atoms with Gasteiger partial charge in [0.15, 0.2) is 22.2 Å². The maximum Gasteiger partial charge on any atom is 0.357 e. The van der Waals surface area contributed by atoms with Crippen molar-refractivity contribution >= 4 is 45.6 Å². The highest BCUT2D eigenvalue weighted by Gasteiger charge is 2.63. The van der Waals surface area contributed by atoms with Crippen LogP contribution in [0.5, 0.6) is 5.75 Å². The lowest BCUT2D eigenvalue weighted by molar-refractivity contribution is -0.148. The lowest BCUT2D eigenvalue weighted by atomic mass is 9.58. The van der Waals surface area contributed by atoms with Crippen LogP contribution >= 0.6 is 11.3 Å². The summed E-state index contributed by atoms with van der Waals surface area (Å²) in [5, 5.41) is 50.7. The van der Waals surface area contributed by atoms with Crippen LogP contribution in [0.2, 0.25) is 0 Å². The molecule has 2 aromatic rings. The molecule has 1 aromatic heterocycles. The van der Waals surface area contributed by atoms with Crippen molar-refractivity contribution < 1.29 is 44.3 Å². The number of benzene rings is 1. The number of phenols is 1. The number of hydrogen-bond acceptors (Lipinski definition) is 14. The zero-order valence-corrected chi connectivity index (χ0v) is 26.2. The van der Waals surface area contributed by atoms with Gasteiger partial charge in [0.05, 0.1) is 18.2 Å². The number of thiazole rings is 1. The molecular weight excluding hydrogens is 606 g/mol. The summed E-state index contributed by atoms with van der Waals surface area (Å²) in [4.78, 5) is 59.4. The van der Waals surface area contributed by atoms with E-state index in [1.807, 2.05) is 0 Å². The summed E-state index contributed by atoms with van der Waals surface area (Å²) in [6.07, 6.45) is 0.161. The van der Waals surface area contributed by atoms with Gasteiger partial charge in [0.2, 0.25) is 5.78 Å². The monoisotopic (exact) mass is 641 g/mol. The number of aliphatic hydroxyl groups excluding tert-OH is 2. The second-order valence-corrected chi connectivity index (χ2v) is 12.6. The predicted octanol–water partition coefficient (Wildman–Crippen LogP) is 1.43. The van der Waals surface area contributed by atoms with E-state index in [0.29, 0.717) is 21.9 Å². The van der Waals surface area contributed by atoms with E-state index < -0.39 is 64.0 Å². The standard InChI is InChI=1S/C30H35N5O9S/c1-6-44-28(42)16-11-45-29(33-16)32-10-13-9-17(34(2)3)14-7-12-8-15-21(35(4)5)24(38)20(27(31)41)26(40)30(15,43)25(39)18(12)23(37)19(14)22(13)36/h9,11-12,15,21,36,38-39,43H,6-8,10H2,1-5H3,(H2,31,41)(H,32,33)/t12-,15-,21?,30-/m1/s1. The van der Waals surface area contributed by atoms with Crippen molar-refractivity contribution in [1.29, 1.82) is 0 Å². The SMILES string of the molecule is CCOC(=O)c1csc(NCc2cc(N(C)C)c3c(c2O)C(=O)C2=C(O)[C@@]4(O)C(=O)C(C(N)=O)=C(O)C(N(C)C)[C@H]4C[C@H]2C3)n1. The number of allylic oxidation sites excluding steroid dienone is 1. The Kier molecular flexibility index (Phi) is 8.14. The number of rotatable bonds is 8. The number of ketones is 2. The Morgan fingerprint density at radius 3 is 2.49 bits per heavy atom. The Balaban J connectivity index is 1.59. The van der Waals surface area contributed by atoms with Crippen LogP contribution in [0.4, 0.5) is 10.8 Å². The molecule has 0 saturated heterocycles. The molecule has 0 saturated carbocycles. The molecule has 15 heteroatoms. The van der Waals surface area contributed by atoms with Crippen LogP contribution in [0, 0.1) is 11.8 Å². The number of carbonyl (C=O) groups is 4. The number of carbonyl (C=O) groups excluding carboxylic acids is 4. The molecule has 1 aromatic carbocycles. The van der Waals surface area contributed by atoms with E-state index >= 15 is 0 Å². The van der Waals surface area contributed by atoms with Gasteiger partial charge in [0.25, 0.3) is 5.91 Å². The highest BCUT2D eigenvalue weighted by Crippen LogP contribution is 2.53. The van der Waals surface area contributed by atoms with Crippen molar-refractivity contribution in [3.05, 3.63) is 56.5 Å². The average molecular weight is 642 g/mol. The quantitative estimate of drug-likeness (QED) is 0.178. The van der Waals surface area contributed by atoms with E-state index in [4.69, 9.17) is 10.5 Å². The van der Waals surface area contributed by atoms with Crippen molar-refractivity contribution in [1.82, 2.24) is 9.88 Å². The predicted molar refractivity (Wildman–Crippen MR) is 163 cm³/mol. The number of nitrogens with zero attached hydrogens (tertiary/aromatic N) is 3. The first-order valence-electron chi connectivity index (χ1n) is 14.2. The molecule has 0 bridgehead atoms. The van der Waals surface area contributed by atoms with Gasteiger partial charge in [-0.05, 0) is 51.4 Å². The van der Waals surface area contributed by atoms with Gasteiger partial charge in [-0.25, -0.2) is 9.78 Å². The molecule has 1 unspecified atom stereocenters. The van der Waals surface area contributed by atoms with Crippen LogP contribution < -0.4 is 16.0 Å². The Labute approximate surface area is 262 Å². The normalized spacial score (nSPS) is 24.3. The fourth-order valence-corrected chi connectivity index (χ4v) is 7.39. The molecule has 0 spiro atoms. The van der Waals surface area contributed by atoms with Gasteiger partial charge in [0, 0.05) is 48.8 Å². The minimum Gasteiger partial charge on any atom is -0.510 e. The minimum absolute atomic E-state index is 0.00442. The number of likely N-dealkylation sites (N-methyl/N-ethyl adjacent to an activating group) is 1. The molecule has 1 heterocycles. The second kappa shape index (κ2) is 11.5. The largest absolute Gasteiger partial charge is 0.510 e. The van der Waals surface area contributed by atoms with Gasteiger partial charge >= 0.3 is 5.97 Å². The van der Waals surface area contributed by atoms with E-state index in [-0.39, 0.29) is 48.6 Å². The molecule has 1 amide bonds. The van der Waals surface area contributed by atoms with E-state index in [9.17, 15) is 39.6 Å². The average Bonchev–Trinajstić information content (AvgIpc) is 3.43. The molecular formula is C30H35N5O9S. The van der Waals surface area contributed by atoms with E-state index in [1.165, 1.54) is 10.3 Å². The van der Waals surface area contributed by atoms with Gasteiger partial charge in [-0.2, -0.15) is 0 Å². The Hall–Kier alpha value is -4.47. The van der Waals surface area contributed by atoms with Gasteiger partial charge in [-0.3, -0.25) is 19.3 Å². The Morgan fingerprint density at radius 1 is 1.20 bits per heavy atom. The zero-order valence-electron chi connectivity index (χ0n) is 25.4. The van der Waals surface area contributed by atoms with Crippen LogP contribution in [0.15, 0.2) is 34.1 Å². The van der Waals surface area contributed by atoms with Gasteiger partial charge < -0.3 is 41.1 Å². The highest BCUT2D eigenvalue weighted by molar-refractivity contribution is 7.13. The molecule has 4 atom stereocenters. The van der Waals surface area contributed by atoms with Crippen LogP contribution in [-0.4, -0.2) is 100 Å². The zero-order chi connectivity index (χ0) is 33.1. The first-order chi connectivity index (χ1) is 21.1. The summed E-state index contributed by atoms with van der Waals surface area (Å²) in [7, 11) is 6.71. The number of aromatic hydroxyl groups is 1. The maximum atomic E-state index is 14.2. The summed E-state index contributed by atoms with van der Waals surface area (Å²) >= 11 is 1.16. The fourth-order valence-electron chi connectivity index (χ4n) is 6.71. The van der Waals surface area contributed by atoms with Crippen LogP contribution in [0.25, 0.3) is 0 Å². The molecule has 0 aliphatic heterocycles. The van der Waals surface area contributed by atoms with Crippen molar-refractivity contribution in [2.24, 2.45) is 17.6 Å². The van der Waals surface area contributed by atoms with Crippen molar-refractivity contribution in [2.45, 2.75) is 38.0 Å². The van der Waals surface area contributed by atoms with Crippen LogP contribution in [0.3, 0.4) is 0 Å². The lowest BCUT2D eigenvalue weighted by Gasteiger charge is -2.50. The number of phenolic OH excluding ortho intramolecular Hbond substituents is 1. The first kappa shape index (κ1) is 31.9. The van der Waals surface area contributed by atoms with E-state index in [1.54, 1.807) is 46.1 Å². The maximum absolute atomic E-state index is 14.2. The smallest absolute Gasteiger partial charge is 0.357 e. The number of anilines is 2. The number of Topliss-reactive ketones (excluding diaryl/α,β-unsaturated/α-hetero) is 2. The number of nitrogens with one attached hydrogen (secondary N) is 1. The lowest BCUT2D eigenvalue weighted by Crippen LogP contribution is -2.63. The Morgan fingerprint density at radius 2 is 1.89 bits per heavy atom.